The highest BCUT2D eigenvalue weighted by Crippen LogP contribution is 2.14. The van der Waals surface area contributed by atoms with Gasteiger partial charge in [0.2, 0.25) is 0 Å². The summed E-state index contributed by atoms with van der Waals surface area (Å²) < 4.78 is 7.57. The molecule has 5 heteroatoms. The van der Waals surface area contributed by atoms with Crippen molar-refractivity contribution >= 4 is 11.3 Å². The van der Waals surface area contributed by atoms with Crippen molar-refractivity contribution in [2.75, 3.05) is 6.61 Å². The predicted molar refractivity (Wildman–Crippen MR) is 68.6 cm³/mol. The summed E-state index contributed by atoms with van der Waals surface area (Å²) >= 11 is 1.69. The highest BCUT2D eigenvalue weighted by molar-refractivity contribution is 7.09. The second kappa shape index (κ2) is 5.82. The molecular weight excluding hydrogens is 234 g/mol. The van der Waals surface area contributed by atoms with Crippen molar-refractivity contribution in [3.8, 4) is 5.75 Å². The zero-order chi connectivity index (χ0) is 12.1. The van der Waals surface area contributed by atoms with Crippen LogP contribution in [0.15, 0.2) is 17.9 Å². The molecule has 0 unspecified atom stereocenters. The summed E-state index contributed by atoms with van der Waals surface area (Å²) in [6, 6.07) is 0. The second-order valence-corrected chi connectivity index (χ2v) is 4.84. The number of aromatic nitrogens is 3. The predicted octanol–water partition coefficient (Wildman–Crippen LogP) is 2.68. The van der Waals surface area contributed by atoms with Gasteiger partial charge in [-0.3, -0.25) is 4.68 Å². The number of ether oxygens (including phenoxy) is 1. The first-order valence-electron chi connectivity index (χ1n) is 5.84. The standard InChI is InChI=1S/C12H17N3OS/c1-3-5-15-8-11(7-14-15)16-6-4-12-10(2)13-9-17-12/h7-9H,3-6H2,1-2H3. The molecule has 0 amide bonds. The minimum atomic E-state index is 0.681. The number of thiazole rings is 1. The van der Waals surface area contributed by atoms with Crippen LogP contribution in [0.3, 0.4) is 0 Å². The molecule has 0 aliphatic rings. The molecule has 0 aliphatic heterocycles. The van der Waals surface area contributed by atoms with Crippen LogP contribution in [0, 0.1) is 6.92 Å². The smallest absolute Gasteiger partial charge is 0.157 e. The van der Waals surface area contributed by atoms with Crippen LogP contribution in [0.1, 0.15) is 23.9 Å². The Labute approximate surface area is 105 Å². The molecule has 2 aromatic rings. The van der Waals surface area contributed by atoms with Crippen LogP contribution in [0.2, 0.25) is 0 Å². The third-order valence-corrected chi connectivity index (χ3v) is 3.50. The van der Waals surface area contributed by atoms with Crippen LogP contribution in [-0.2, 0) is 13.0 Å². The maximum atomic E-state index is 5.66. The monoisotopic (exact) mass is 251 g/mol. The normalized spacial score (nSPS) is 10.7. The molecule has 92 valence electrons. The lowest BCUT2D eigenvalue weighted by molar-refractivity contribution is 0.322. The highest BCUT2D eigenvalue weighted by Gasteiger charge is 2.03. The molecule has 0 fully saturated rings. The maximum absolute atomic E-state index is 5.66. The molecule has 2 heterocycles. The van der Waals surface area contributed by atoms with Gasteiger partial charge in [-0.25, -0.2) is 4.98 Å². The summed E-state index contributed by atoms with van der Waals surface area (Å²) in [5.74, 6) is 0.848. The molecule has 0 spiro atoms. The van der Waals surface area contributed by atoms with E-state index < -0.39 is 0 Å². The van der Waals surface area contributed by atoms with Gasteiger partial charge >= 0.3 is 0 Å². The average Bonchev–Trinajstić information content (AvgIpc) is 2.90. The van der Waals surface area contributed by atoms with E-state index in [9.17, 15) is 0 Å². The van der Waals surface area contributed by atoms with Gasteiger partial charge in [0.25, 0.3) is 0 Å². The molecule has 17 heavy (non-hydrogen) atoms. The third kappa shape index (κ3) is 3.30. The Balaban J connectivity index is 1.80. The fraction of sp³-hybridized carbons (Fsp3) is 0.500. The molecule has 0 aliphatic carbocycles. The van der Waals surface area contributed by atoms with Gasteiger partial charge in [0.1, 0.15) is 0 Å². The Bertz CT molecular complexity index is 464. The number of nitrogens with zero attached hydrogens (tertiary/aromatic N) is 3. The number of hydrogen-bond acceptors (Lipinski definition) is 4. The Hall–Kier alpha value is -1.36. The summed E-state index contributed by atoms with van der Waals surface area (Å²) in [5, 5.41) is 4.22. The van der Waals surface area contributed by atoms with Crippen LogP contribution in [-0.4, -0.2) is 21.4 Å². The van der Waals surface area contributed by atoms with Crippen LogP contribution >= 0.6 is 11.3 Å². The molecule has 0 saturated heterocycles. The quantitative estimate of drug-likeness (QED) is 0.792. The largest absolute Gasteiger partial charge is 0.490 e. The van der Waals surface area contributed by atoms with E-state index in [-0.39, 0.29) is 0 Å². The van der Waals surface area contributed by atoms with E-state index >= 15 is 0 Å². The fourth-order valence-corrected chi connectivity index (χ4v) is 2.36. The van der Waals surface area contributed by atoms with Crippen molar-refractivity contribution in [2.45, 2.75) is 33.2 Å². The van der Waals surface area contributed by atoms with Crippen molar-refractivity contribution in [1.82, 2.24) is 14.8 Å². The molecule has 0 saturated carbocycles. The highest BCUT2D eigenvalue weighted by atomic mass is 32.1. The minimum absolute atomic E-state index is 0.681. The Kier molecular flexibility index (Phi) is 4.14. The van der Waals surface area contributed by atoms with Gasteiger partial charge in [-0.2, -0.15) is 5.10 Å². The van der Waals surface area contributed by atoms with Crippen LogP contribution in [0.5, 0.6) is 5.75 Å². The lowest BCUT2D eigenvalue weighted by atomic mass is 10.3. The molecule has 0 atom stereocenters. The molecule has 0 aromatic carbocycles. The van der Waals surface area contributed by atoms with Crippen molar-refractivity contribution < 1.29 is 4.74 Å². The van der Waals surface area contributed by atoms with Crippen LogP contribution in [0.4, 0.5) is 0 Å². The van der Waals surface area contributed by atoms with Gasteiger partial charge in [-0.15, -0.1) is 11.3 Å². The van der Waals surface area contributed by atoms with Gasteiger partial charge < -0.3 is 4.74 Å². The zero-order valence-corrected chi connectivity index (χ0v) is 11.0. The van der Waals surface area contributed by atoms with Gasteiger partial charge in [0, 0.05) is 17.8 Å². The zero-order valence-electron chi connectivity index (χ0n) is 10.2. The Morgan fingerprint density at radius 2 is 2.35 bits per heavy atom. The van der Waals surface area contributed by atoms with Crippen LogP contribution in [0.25, 0.3) is 0 Å². The van der Waals surface area contributed by atoms with Crippen molar-refractivity contribution in [3.05, 3.63) is 28.5 Å². The third-order valence-electron chi connectivity index (χ3n) is 2.50. The van der Waals surface area contributed by atoms with E-state index in [0.717, 1.165) is 30.8 Å². The van der Waals surface area contributed by atoms with Gasteiger partial charge in [0.15, 0.2) is 5.75 Å². The van der Waals surface area contributed by atoms with E-state index in [1.165, 1.54) is 4.88 Å². The first-order valence-corrected chi connectivity index (χ1v) is 6.71. The molecule has 0 bridgehead atoms. The van der Waals surface area contributed by atoms with Gasteiger partial charge in [-0.1, -0.05) is 6.92 Å². The van der Waals surface area contributed by atoms with Crippen molar-refractivity contribution in [2.24, 2.45) is 0 Å². The topological polar surface area (TPSA) is 39.9 Å². The lowest BCUT2D eigenvalue weighted by Crippen LogP contribution is -2.00. The maximum Gasteiger partial charge on any atom is 0.157 e. The summed E-state index contributed by atoms with van der Waals surface area (Å²) in [6.45, 7) is 5.79. The SMILES string of the molecule is CCCn1cc(OCCc2scnc2C)cn1. The number of hydrogen-bond donors (Lipinski definition) is 0. The Morgan fingerprint density at radius 3 is 3.06 bits per heavy atom. The van der Waals surface area contributed by atoms with Crippen molar-refractivity contribution in [3.63, 3.8) is 0 Å². The van der Waals surface area contributed by atoms with E-state index in [1.54, 1.807) is 17.5 Å². The average molecular weight is 251 g/mol. The second-order valence-electron chi connectivity index (χ2n) is 3.90. The molecule has 2 rings (SSSR count). The van der Waals surface area contributed by atoms with Gasteiger partial charge in [0.05, 0.1) is 30.2 Å². The number of aryl methyl sites for hydroxylation is 2. The first kappa shape index (κ1) is 12.1. The number of rotatable bonds is 6. The van der Waals surface area contributed by atoms with Crippen molar-refractivity contribution in [1.29, 1.82) is 0 Å². The molecule has 4 nitrogen and oxygen atoms in total. The van der Waals surface area contributed by atoms with Crippen LogP contribution < -0.4 is 4.74 Å². The molecular formula is C12H17N3OS. The summed E-state index contributed by atoms with van der Waals surface area (Å²) in [5.41, 5.74) is 2.99. The Morgan fingerprint density at radius 1 is 1.47 bits per heavy atom. The molecule has 2 aromatic heterocycles. The summed E-state index contributed by atoms with van der Waals surface area (Å²) in [4.78, 5) is 5.51. The summed E-state index contributed by atoms with van der Waals surface area (Å²) in [7, 11) is 0. The first-order chi connectivity index (χ1) is 8.29. The minimum Gasteiger partial charge on any atom is -0.490 e. The molecule has 0 radical (unpaired) electrons. The van der Waals surface area contributed by atoms with Gasteiger partial charge in [-0.05, 0) is 13.3 Å². The van der Waals surface area contributed by atoms with E-state index in [4.69, 9.17) is 4.74 Å². The summed E-state index contributed by atoms with van der Waals surface area (Å²) in [6.07, 6.45) is 5.72. The fourth-order valence-electron chi connectivity index (χ4n) is 1.60. The van der Waals surface area contributed by atoms with E-state index in [0.29, 0.717) is 6.61 Å². The van der Waals surface area contributed by atoms with E-state index in [1.807, 2.05) is 23.3 Å². The lowest BCUT2D eigenvalue weighted by Gasteiger charge is -2.02. The molecule has 0 N–H and O–H groups in total. The van der Waals surface area contributed by atoms with E-state index in [2.05, 4.69) is 17.0 Å².